The van der Waals surface area contributed by atoms with Crippen molar-refractivity contribution in [3.8, 4) is 11.1 Å². The van der Waals surface area contributed by atoms with Gasteiger partial charge in [0.05, 0.1) is 5.52 Å². The molecule has 1 aromatic heterocycles. The third-order valence-electron chi connectivity index (χ3n) is 4.78. The second-order valence-electron chi connectivity index (χ2n) is 7.59. The van der Waals surface area contributed by atoms with E-state index in [0.29, 0.717) is 12.5 Å². The van der Waals surface area contributed by atoms with E-state index in [4.69, 9.17) is 16.5 Å². The first kappa shape index (κ1) is 25.6. The van der Waals surface area contributed by atoms with Gasteiger partial charge in [-0.25, -0.2) is 0 Å². The van der Waals surface area contributed by atoms with Crippen LogP contribution in [-0.2, 0) is 17.8 Å². The van der Waals surface area contributed by atoms with Gasteiger partial charge in [0.25, 0.3) is 0 Å². The minimum Gasteiger partial charge on any atom is -0.366 e. The molecule has 1 amide bonds. The Balaban J connectivity index is 0.00000225. The van der Waals surface area contributed by atoms with Crippen molar-refractivity contribution in [2.24, 2.45) is 17.4 Å². The highest BCUT2D eigenvalue weighted by Gasteiger charge is 2.17. The summed E-state index contributed by atoms with van der Waals surface area (Å²) in [5, 5.41) is 1.03. The number of aromatic nitrogens is 1. The number of pyridine rings is 1. The predicted molar refractivity (Wildman–Crippen MR) is 131 cm³/mol. The standard InChI is InChI=1S/C24H27N3O.2ClH/c1-15(2)12-22-20(14-25)24(18-8-4-16(3)5-9-18)19-13-17(7-11-23(26)28)6-10-21(19)27-22;;/h4-11,13,15H,12,14,25H2,1-3H3,(H2,26,28);2*1H/b11-7+;;. The number of aryl methyl sites for hydroxylation is 1. The molecule has 4 N–H and O–H groups in total. The van der Waals surface area contributed by atoms with Gasteiger partial charge >= 0.3 is 0 Å². The number of halogens is 2. The Morgan fingerprint density at radius 3 is 2.33 bits per heavy atom. The van der Waals surface area contributed by atoms with Crippen molar-refractivity contribution in [2.45, 2.75) is 33.7 Å². The zero-order valence-electron chi connectivity index (χ0n) is 17.5. The van der Waals surface area contributed by atoms with Crippen LogP contribution >= 0.6 is 24.8 Å². The fraction of sp³-hybridized carbons (Fsp3) is 0.250. The van der Waals surface area contributed by atoms with Crippen molar-refractivity contribution < 1.29 is 4.79 Å². The van der Waals surface area contributed by atoms with Crippen LogP contribution in [-0.4, -0.2) is 10.9 Å². The molecule has 0 spiro atoms. The maximum Gasteiger partial charge on any atom is 0.241 e. The third-order valence-corrected chi connectivity index (χ3v) is 4.78. The van der Waals surface area contributed by atoms with Crippen LogP contribution in [0.2, 0.25) is 0 Å². The molecule has 0 radical (unpaired) electrons. The summed E-state index contributed by atoms with van der Waals surface area (Å²) in [6, 6.07) is 14.5. The lowest BCUT2D eigenvalue weighted by atomic mass is 9.90. The van der Waals surface area contributed by atoms with Crippen LogP contribution in [0.25, 0.3) is 28.1 Å². The van der Waals surface area contributed by atoms with Gasteiger partial charge in [-0.05, 0) is 59.7 Å². The Labute approximate surface area is 190 Å². The Morgan fingerprint density at radius 2 is 1.77 bits per heavy atom. The molecule has 2 aromatic carbocycles. The highest BCUT2D eigenvalue weighted by Crippen LogP contribution is 2.34. The van der Waals surface area contributed by atoms with Crippen LogP contribution in [0.4, 0.5) is 0 Å². The normalized spacial score (nSPS) is 10.8. The van der Waals surface area contributed by atoms with Crippen LogP contribution in [0.5, 0.6) is 0 Å². The lowest BCUT2D eigenvalue weighted by Crippen LogP contribution is -2.10. The molecule has 0 saturated heterocycles. The van der Waals surface area contributed by atoms with E-state index in [2.05, 4.69) is 51.1 Å². The molecular formula is C24H29Cl2N3O. The topological polar surface area (TPSA) is 82.0 Å². The van der Waals surface area contributed by atoms with Crippen LogP contribution in [0.1, 0.15) is 36.2 Å². The van der Waals surface area contributed by atoms with Crippen LogP contribution in [0, 0.1) is 12.8 Å². The molecule has 160 valence electrons. The largest absolute Gasteiger partial charge is 0.366 e. The first-order valence-electron chi connectivity index (χ1n) is 9.59. The molecule has 3 aromatic rings. The van der Waals surface area contributed by atoms with Crippen molar-refractivity contribution in [3.05, 3.63) is 70.9 Å². The third kappa shape index (κ3) is 5.82. The van der Waals surface area contributed by atoms with E-state index in [1.54, 1.807) is 6.08 Å². The highest BCUT2D eigenvalue weighted by molar-refractivity contribution is 5.98. The number of benzene rings is 2. The van der Waals surface area contributed by atoms with Gasteiger partial charge in [-0.1, -0.05) is 49.7 Å². The molecule has 1 heterocycles. The number of rotatable bonds is 6. The van der Waals surface area contributed by atoms with E-state index in [1.165, 1.54) is 11.6 Å². The van der Waals surface area contributed by atoms with E-state index in [-0.39, 0.29) is 24.8 Å². The second-order valence-corrected chi connectivity index (χ2v) is 7.59. The van der Waals surface area contributed by atoms with Gasteiger partial charge in [0.15, 0.2) is 0 Å². The Kier molecular flexibility index (Phi) is 9.50. The monoisotopic (exact) mass is 445 g/mol. The molecule has 0 saturated carbocycles. The summed E-state index contributed by atoms with van der Waals surface area (Å²) in [7, 11) is 0. The van der Waals surface area contributed by atoms with Gasteiger partial charge in [-0.3, -0.25) is 9.78 Å². The van der Waals surface area contributed by atoms with Crippen molar-refractivity contribution in [3.63, 3.8) is 0 Å². The van der Waals surface area contributed by atoms with E-state index < -0.39 is 5.91 Å². The lowest BCUT2D eigenvalue weighted by Gasteiger charge is -2.18. The zero-order chi connectivity index (χ0) is 20.3. The second kappa shape index (κ2) is 11.1. The van der Waals surface area contributed by atoms with Crippen molar-refractivity contribution in [2.75, 3.05) is 0 Å². The average molecular weight is 446 g/mol. The number of primary amides is 1. The van der Waals surface area contributed by atoms with Gasteiger partial charge in [0, 0.05) is 23.7 Å². The fourth-order valence-electron chi connectivity index (χ4n) is 3.48. The number of hydrogen-bond acceptors (Lipinski definition) is 3. The highest BCUT2D eigenvalue weighted by atomic mass is 35.5. The minimum absolute atomic E-state index is 0. The number of amides is 1. The Hall–Kier alpha value is -2.40. The number of nitrogens with zero attached hydrogens (tertiary/aromatic N) is 1. The summed E-state index contributed by atoms with van der Waals surface area (Å²) < 4.78 is 0. The molecule has 0 atom stereocenters. The van der Waals surface area contributed by atoms with Gasteiger partial charge < -0.3 is 11.5 Å². The first-order valence-corrected chi connectivity index (χ1v) is 9.59. The molecule has 0 unspecified atom stereocenters. The fourth-order valence-corrected chi connectivity index (χ4v) is 3.48. The number of fused-ring (bicyclic) bond motifs is 1. The molecule has 6 heteroatoms. The summed E-state index contributed by atoms with van der Waals surface area (Å²) >= 11 is 0. The van der Waals surface area contributed by atoms with Crippen molar-refractivity contribution in [1.29, 1.82) is 0 Å². The minimum atomic E-state index is -0.466. The van der Waals surface area contributed by atoms with Crippen molar-refractivity contribution in [1.82, 2.24) is 4.98 Å². The first-order chi connectivity index (χ1) is 13.4. The van der Waals surface area contributed by atoms with Gasteiger partial charge in [0.1, 0.15) is 0 Å². The predicted octanol–water partition coefficient (Wildman–Crippen LogP) is 5.21. The molecule has 3 rings (SSSR count). The Bertz CT molecular complexity index is 1040. The van der Waals surface area contributed by atoms with Crippen LogP contribution in [0.3, 0.4) is 0 Å². The van der Waals surface area contributed by atoms with Gasteiger partial charge in [-0.2, -0.15) is 0 Å². The van der Waals surface area contributed by atoms with E-state index in [0.717, 1.165) is 45.3 Å². The van der Waals surface area contributed by atoms with E-state index in [1.807, 2.05) is 12.1 Å². The molecule has 0 fully saturated rings. The number of carbonyl (C=O) groups is 1. The average Bonchev–Trinajstić information content (AvgIpc) is 2.65. The number of carbonyl (C=O) groups excluding carboxylic acids is 1. The Morgan fingerprint density at radius 1 is 1.10 bits per heavy atom. The molecule has 0 aliphatic carbocycles. The van der Waals surface area contributed by atoms with Gasteiger partial charge in [0.2, 0.25) is 5.91 Å². The molecule has 0 aliphatic rings. The maximum absolute atomic E-state index is 11.1. The van der Waals surface area contributed by atoms with Crippen LogP contribution in [0.15, 0.2) is 48.5 Å². The van der Waals surface area contributed by atoms with E-state index in [9.17, 15) is 4.79 Å². The number of nitrogens with two attached hydrogens (primary N) is 2. The van der Waals surface area contributed by atoms with Crippen LogP contribution < -0.4 is 11.5 Å². The maximum atomic E-state index is 11.1. The van der Waals surface area contributed by atoms with Gasteiger partial charge in [-0.15, -0.1) is 24.8 Å². The van der Waals surface area contributed by atoms with E-state index >= 15 is 0 Å². The molecule has 30 heavy (non-hydrogen) atoms. The number of hydrogen-bond donors (Lipinski definition) is 2. The SMILES string of the molecule is Cc1ccc(-c2c(CN)c(CC(C)C)nc3ccc(/C=C/C(N)=O)cc23)cc1.Cl.Cl. The molecule has 4 nitrogen and oxygen atoms in total. The summed E-state index contributed by atoms with van der Waals surface area (Å²) in [4.78, 5) is 16.0. The summed E-state index contributed by atoms with van der Waals surface area (Å²) in [5.41, 5.74) is 18.9. The summed E-state index contributed by atoms with van der Waals surface area (Å²) in [5.74, 6) is 0.0193. The molecule has 0 aliphatic heterocycles. The smallest absolute Gasteiger partial charge is 0.241 e. The quantitative estimate of drug-likeness (QED) is 0.510. The summed E-state index contributed by atoms with van der Waals surface area (Å²) in [6.07, 6.45) is 3.98. The van der Waals surface area contributed by atoms with Crippen molar-refractivity contribution >= 4 is 47.7 Å². The molecular weight excluding hydrogens is 417 g/mol. The zero-order valence-corrected chi connectivity index (χ0v) is 19.1. The molecule has 0 bridgehead atoms. The summed E-state index contributed by atoms with van der Waals surface area (Å²) in [6.45, 7) is 6.88. The lowest BCUT2D eigenvalue weighted by molar-refractivity contribution is -0.113.